The van der Waals surface area contributed by atoms with Gasteiger partial charge in [0.25, 0.3) is 0 Å². The van der Waals surface area contributed by atoms with Gasteiger partial charge in [0.1, 0.15) is 0 Å². The Morgan fingerprint density at radius 1 is 1.21 bits per heavy atom. The van der Waals surface area contributed by atoms with Crippen LogP contribution in [0.25, 0.3) is 11.3 Å². The number of hydrogen-bond donors (Lipinski definition) is 2. The lowest BCUT2D eigenvalue weighted by atomic mass is 9.98. The first-order chi connectivity index (χ1) is 9.42. The highest BCUT2D eigenvalue weighted by molar-refractivity contribution is 5.60. The lowest BCUT2D eigenvalue weighted by molar-refractivity contribution is 0.390. The van der Waals surface area contributed by atoms with Gasteiger partial charge in [-0.2, -0.15) is 0 Å². The predicted octanol–water partition coefficient (Wildman–Crippen LogP) is 2.75. The van der Waals surface area contributed by atoms with Gasteiger partial charge in [-0.25, -0.2) is 4.98 Å². The summed E-state index contributed by atoms with van der Waals surface area (Å²) in [4.78, 5) is 3.93. The van der Waals surface area contributed by atoms with Gasteiger partial charge >= 0.3 is 0 Å². The summed E-state index contributed by atoms with van der Waals surface area (Å²) in [5.74, 6) is 1.60. The molecule has 2 aromatic rings. The van der Waals surface area contributed by atoms with Gasteiger partial charge in [-0.1, -0.05) is 0 Å². The molecule has 0 radical (unpaired) electrons. The summed E-state index contributed by atoms with van der Waals surface area (Å²) in [6.45, 7) is 3.36. The van der Waals surface area contributed by atoms with Crippen molar-refractivity contribution in [3.05, 3.63) is 36.9 Å². The average Bonchev–Trinajstić information content (AvgIpc) is 3.01. The summed E-state index contributed by atoms with van der Waals surface area (Å²) >= 11 is 0. The minimum Gasteiger partial charge on any atom is -0.444 e. The van der Waals surface area contributed by atoms with Crippen LogP contribution in [0.15, 0.2) is 41.3 Å². The molecule has 0 atom stereocenters. The van der Waals surface area contributed by atoms with Crippen molar-refractivity contribution in [2.45, 2.75) is 12.8 Å². The van der Waals surface area contributed by atoms with Crippen molar-refractivity contribution in [1.82, 2.24) is 10.3 Å². The summed E-state index contributed by atoms with van der Waals surface area (Å²) in [7, 11) is 0. The van der Waals surface area contributed by atoms with Gasteiger partial charge < -0.3 is 15.1 Å². The molecule has 0 spiro atoms. The molecule has 0 unspecified atom stereocenters. The summed E-state index contributed by atoms with van der Waals surface area (Å²) in [5.41, 5.74) is 2.23. The van der Waals surface area contributed by atoms with Crippen molar-refractivity contribution in [1.29, 1.82) is 0 Å². The van der Waals surface area contributed by atoms with E-state index in [-0.39, 0.29) is 0 Å². The summed E-state index contributed by atoms with van der Waals surface area (Å²) in [5, 5.41) is 6.90. The molecule has 0 bridgehead atoms. The van der Waals surface area contributed by atoms with Crippen LogP contribution in [0.1, 0.15) is 12.8 Å². The fourth-order valence-corrected chi connectivity index (χ4v) is 2.46. The number of piperidine rings is 1. The maximum atomic E-state index is 5.28. The molecule has 2 heterocycles. The fourth-order valence-electron chi connectivity index (χ4n) is 2.46. The summed E-state index contributed by atoms with van der Waals surface area (Å²) in [6, 6.07) is 8.31. The number of rotatable bonds is 4. The van der Waals surface area contributed by atoms with Gasteiger partial charge in [0.05, 0.1) is 6.20 Å². The number of nitrogens with zero attached hydrogens (tertiary/aromatic N) is 1. The third-order valence-corrected chi connectivity index (χ3v) is 3.66. The zero-order valence-electron chi connectivity index (χ0n) is 10.9. The van der Waals surface area contributed by atoms with E-state index in [0.717, 1.165) is 36.9 Å². The molecule has 4 nitrogen and oxygen atoms in total. The number of anilines is 1. The minimum absolute atomic E-state index is 0.787. The Balaban J connectivity index is 1.57. The molecule has 4 heteroatoms. The average molecular weight is 257 g/mol. The van der Waals surface area contributed by atoms with Crippen molar-refractivity contribution >= 4 is 5.69 Å². The second-order valence-corrected chi connectivity index (χ2v) is 5.02. The van der Waals surface area contributed by atoms with E-state index in [2.05, 4.69) is 39.9 Å². The SMILES string of the molecule is c1ncc(-c2ccc(NCC3CCNCC3)cc2)o1. The first-order valence-corrected chi connectivity index (χ1v) is 6.85. The van der Waals surface area contributed by atoms with Crippen LogP contribution >= 0.6 is 0 Å². The van der Waals surface area contributed by atoms with E-state index < -0.39 is 0 Å². The quantitative estimate of drug-likeness (QED) is 0.884. The van der Waals surface area contributed by atoms with E-state index in [4.69, 9.17) is 4.42 Å². The Morgan fingerprint density at radius 3 is 2.68 bits per heavy atom. The Labute approximate surface area is 113 Å². The number of benzene rings is 1. The molecule has 3 rings (SSSR count). The monoisotopic (exact) mass is 257 g/mol. The topological polar surface area (TPSA) is 50.1 Å². The third kappa shape index (κ3) is 3.15. The van der Waals surface area contributed by atoms with Gasteiger partial charge in [-0.05, 0) is 56.1 Å². The summed E-state index contributed by atoms with van der Waals surface area (Å²) in [6.07, 6.45) is 5.72. The molecular formula is C15H19N3O. The highest BCUT2D eigenvalue weighted by Gasteiger charge is 2.12. The van der Waals surface area contributed by atoms with Gasteiger partial charge in [-0.15, -0.1) is 0 Å². The molecule has 1 fully saturated rings. The van der Waals surface area contributed by atoms with Crippen molar-refractivity contribution in [2.24, 2.45) is 5.92 Å². The van der Waals surface area contributed by atoms with Crippen LogP contribution in [0.5, 0.6) is 0 Å². The van der Waals surface area contributed by atoms with Crippen LogP contribution in [0.3, 0.4) is 0 Å². The molecule has 0 saturated carbocycles. The van der Waals surface area contributed by atoms with E-state index in [9.17, 15) is 0 Å². The van der Waals surface area contributed by atoms with Crippen LogP contribution in [0.2, 0.25) is 0 Å². The molecule has 100 valence electrons. The van der Waals surface area contributed by atoms with E-state index in [1.807, 2.05) is 0 Å². The second kappa shape index (κ2) is 5.89. The number of nitrogens with one attached hydrogen (secondary N) is 2. The maximum absolute atomic E-state index is 5.28. The standard InChI is InChI=1S/C15H19N3O/c1-3-14(18-9-12-5-7-16-8-6-12)4-2-13(1)15-10-17-11-19-15/h1-4,10-12,16,18H,5-9H2. The second-order valence-electron chi connectivity index (χ2n) is 5.02. The molecule has 1 aliphatic rings. The lowest BCUT2D eigenvalue weighted by Gasteiger charge is -2.23. The Kier molecular flexibility index (Phi) is 3.79. The molecular weight excluding hydrogens is 238 g/mol. The third-order valence-electron chi connectivity index (χ3n) is 3.66. The van der Waals surface area contributed by atoms with Crippen molar-refractivity contribution in [3.8, 4) is 11.3 Å². The number of oxazole rings is 1. The fraction of sp³-hybridized carbons (Fsp3) is 0.400. The molecule has 1 aromatic carbocycles. The Hall–Kier alpha value is -1.81. The van der Waals surface area contributed by atoms with E-state index >= 15 is 0 Å². The van der Waals surface area contributed by atoms with Crippen molar-refractivity contribution < 1.29 is 4.42 Å². The lowest BCUT2D eigenvalue weighted by Crippen LogP contribution is -2.31. The molecule has 0 aliphatic carbocycles. The van der Waals surface area contributed by atoms with E-state index in [1.54, 1.807) is 6.20 Å². The summed E-state index contributed by atoms with van der Waals surface area (Å²) < 4.78 is 5.28. The Morgan fingerprint density at radius 2 is 2.00 bits per heavy atom. The van der Waals surface area contributed by atoms with Crippen LogP contribution in [-0.4, -0.2) is 24.6 Å². The van der Waals surface area contributed by atoms with Crippen LogP contribution < -0.4 is 10.6 Å². The van der Waals surface area contributed by atoms with Crippen LogP contribution in [0.4, 0.5) is 5.69 Å². The van der Waals surface area contributed by atoms with E-state index in [0.29, 0.717) is 0 Å². The van der Waals surface area contributed by atoms with Gasteiger partial charge in [-0.3, -0.25) is 0 Å². The van der Waals surface area contributed by atoms with Crippen LogP contribution in [-0.2, 0) is 0 Å². The van der Waals surface area contributed by atoms with E-state index in [1.165, 1.54) is 24.9 Å². The predicted molar refractivity (Wildman–Crippen MR) is 76.0 cm³/mol. The highest BCUT2D eigenvalue weighted by Crippen LogP contribution is 2.21. The first-order valence-electron chi connectivity index (χ1n) is 6.85. The zero-order valence-corrected chi connectivity index (χ0v) is 10.9. The van der Waals surface area contributed by atoms with Crippen LogP contribution in [0, 0.1) is 5.92 Å². The van der Waals surface area contributed by atoms with Gasteiger partial charge in [0.2, 0.25) is 0 Å². The molecule has 19 heavy (non-hydrogen) atoms. The first kappa shape index (κ1) is 12.2. The Bertz CT molecular complexity index is 487. The highest BCUT2D eigenvalue weighted by atomic mass is 16.3. The van der Waals surface area contributed by atoms with Crippen molar-refractivity contribution in [3.63, 3.8) is 0 Å². The van der Waals surface area contributed by atoms with Crippen molar-refractivity contribution in [2.75, 3.05) is 25.0 Å². The molecule has 1 saturated heterocycles. The van der Waals surface area contributed by atoms with Gasteiger partial charge in [0, 0.05) is 17.8 Å². The molecule has 2 N–H and O–H groups in total. The largest absolute Gasteiger partial charge is 0.444 e. The number of hydrogen-bond acceptors (Lipinski definition) is 4. The number of aromatic nitrogens is 1. The smallest absolute Gasteiger partial charge is 0.181 e. The zero-order chi connectivity index (χ0) is 12.9. The van der Waals surface area contributed by atoms with Gasteiger partial charge in [0.15, 0.2) is 12.2 Å². The molecule has 0 amide bonds. The molecule has 1 aliphatic heterocycles. The molecule has 1 aromatic heterocycles. The minimum atomic E-state index is 0.787. The normalized spacial score (nSPS) is 16.4. The maximum Gasteiger partial charge on any atom is 0.181 e.